The molecule has 0 atom stereocenters. The lowest BCUT2D eigenvalue weighted by molar-refractivity contribution is 1.18. The molecule has 10 aromatic carbocycles. The van der Waals surface area contributed by atoms with Crippen molar-refractivity contribution in [3.63, 3.8) is 0 Å². The van der Waals surface area contributed by atoms with Crippen molar-refractivity contribution in [2.45, 2.75) is 0 Å². The van der Waals surface area contributed by atoms with Crippen LogP contribution in [-0.2, 0) is 0 Å². The molecular weight excluding hydrogens is 677 g/mol. The molecule has 0 saturated carbocycles. The Morgan fingerprint density at radius 3 is 1.71 bits per heavy atom. The van der Waals surface area contributed by atoms with E-state index in [-0.39, 0.29) is 0 Å². The Balaban J connectivity index is 1.07. The van der Waals surface area contributed by atoms with Gasteiger partial charge in [0.25, 0.3) is 0 Å². The van der Waals surface area contributed by atoms with E-state index in [0.717, 1.165) is 22.7 Å². The quantitative estimate of drug-likeness (QED) is 0.156. The molecule has 0 radical (unpaired) electrons. The molecule has 262 valence electrons. The minimum Gasteiger partial charge on any atom is -0.310 e. The van der Waals surface area contributed by atoms with E-state index < -0.39 is 0 Å². The maximum Gasteiger partial charge on any atom is 0.0542 e. The van der Waals surface area contributed by atoms with Gasteiger partial charge in [0.2, 0.25) is 0 Å². The van der Waals surface area contributed by atoms with Crippen molar-refractivity contribution in [3.05, 3.63) is 218 Å². The molecular formula is C54H36N2. The summed E-state index contributed by atoms with van der Waals surface area (Å²) in [5, 5.41) is 10.1. The van der Waals surface area contributed by atoms with Crippen LogP contribution in [0.5, 0.6) is 0 Å². The third-order valence-electron chi connectivity index (χ3n) is 11.4. The maximum absolute atomic E-state index is 2.42. The second-order valence-electron chi connectivity index (χ2n) is 14.5. The third kappa shape index (κ3) is 5.26. The Hall–Kier alpha value is -7.42. The Morgan fingerprint density at radius 2 is 0.893 bits per heavy atom. The lowest BCUT2D eigenvalue weighted by atomic mass is 9.94. The van der Waals surface area contributed by atoms with Gasteiger partial charge in [-0.1, -0.05) is 158 Å². The van der Waals surface area contributed by atoms with Gasteiger partial charge < -0.3 is 9.47 Å². The van der Waals surface area contributed by atoms with E-state index in [9.17, 15) is 0 Å². The van der Waals surface area contributed by atoms with Crippen LogP contribution in [0.15, 0.2) is 218 Å². The maximum atomic E-state index is 2.42. The Morgan fingerprint density at radius 1 is 0.304 bits per heavy atom. The molecule has 11 aromatic rings. The fourth-order valence-corrected chi connectivity index (χ4v) is 8.71. The summed E-state index contributed by atoms with van der Waals surface area (Å²) in [6, 6.07) is 79.5. The van der Waals surface area contributed by atoms with Gasteiger partial charge in [-0.3, -0.25) is 0 Å². The fraction of sp³-hybridized carbons (Fsp3) is 0. The van der Waals surface area contributed by atoms with E-state index in [0.29, 0.717) is 0 Å². The average molecular weight is 713 g/mol. The number of aromatic nitrogens is 1. The zero-order valence-electron chi connectivity index (χ0n) is 30.7. The summed E-state index contributed by atoms with van der Waals surface area (Å²) in [6.07, 6.45) is 0. The first-order valence-corrected chi connectivity index (χ1v) is 19.3. The van der Waals surface area contributed by atoms with Gasteiger partial charge in [0, 0.05) is 33.4 Å². The summed E-state index contributed by atoms with van der Waals surface area (Å²) >= 11 is 0. The predicted molar refractivity (Wildman–Crippen MR) is 239 cm³/mol. The standard InChI is InChI=1S/C54H36N2/c1-3-13-38(14-4-1)46-19-9-11-21-52(46)55(44-31-34-54-51(36-44)49-20-10-12-22-53(49)56(54)42-16-5-2-6-17-42)43-29-25-37(26-30-43)41-24-23-40-28-32-47-45-18-8-7-15-39(45)27-33-48(47)50(40)35-41/h1-36H. The van der Waals surface area contributed by atoms with Gasteiger partial charge >= 0.3 is 0 Å². The average Bonchev–Trinajstić information content (AvgIpc) is 3.61. The zero-order valence-corrected chi connectivity index (χ0v) is 30.7. The number of para-hydroxylation sites is 3. The van der Waals surface area contributed by atoms with Crippen LogP contribution < -0.4 is 4.90 Å². The van der Waals surface area contributed by atoms with Crippen LogP contribution >= 0.6 is 0 Å². The molecule has 11 rings (SSSR count). The fourth-order valence-electron chi connectivity index (χ4n) is 8.71. The van der Waals surface area contributed by atoms with Crippen molar-refractivity contribution in [2.75, 3.05) is 4.90 Å². The molecule has 56 heavy (non-hydrogen) atoms. The van der Waals surface area contributed by atoms with Crippen molar-refractivity contribution in [1.29, 1.82) is 0 Å². The predicted octanol–water partition coefficient (Wildman–Crippen LogP) is 15.0. The highest BCUT2D eigenvalue weighted by atomic mass is 15.1. The smallest absolute Gasteiger partial charge is 0.0542 e. The van der Waals surface area contributed by atoms with Crippen LogP contribution in [0, 0.1) is 0 Å². The summed E-state index contributed by atoms with van der Waals surface area (Å²) in [5.74, 6) is 0. The van der Waals surface area contributed by atoms with E-state index >= 15 is 0 Å². The first-order valence-electron chi connectivity index (χ1n) is 19.3. The van der Waals surface area contributed by atoms with E-state index in [4.69, 9.17) is 0 Å². The molecule has 0 bridgehead atoms. The monoisotopic (exact) mass is 712 g/mol. The molecule has 1 aromatic heterocycles. The SMILES string of the molecule is c1ccc(-c2ccccc2N(c2ccc(-c3ccc4ccc5c6ccccc6ccc5c4c3)cc2)c2ccc3c(c2)c2ccccc2n3-c2ccccc2)cc1. The lowest BCUT2D eigenvalue weighted by Crippen LogP contribution is -2.11. The van der Waals surface area contributed by atoms with Crippen LogP contribution in [0.3, 0.4) is 0 Å². The van der Waals surface area contributed by atoms with Crippen molar-refractivity contribution in [2.24, 2.45) is 0 Å². The largest absolute Gasteiger partial charge is 0.310 e. The number of anilines is 3. The molecule has 2 heteroatoms. The minimum atomic E-state index is 1.10. The molecule has 0 saturated heterocycles. The molecule has 0 N–H and O–H groups in total. The van der Waals surface area contributed by atoms with Crippen molar-refractivity contribution in [3.8, 4) is 27.9 Å². The van der Waals surface area contributed by atoms with Crippen LogP contribution in [0.4, 0.5) is 17.1 Å². The normalized spacial score (nSPS) is 11.6. The van der Waals surface area contributed by atoms with Crippen molar-refractivity contribution >= 4 is 71.2 Å². The van der Waals surface area contributed by atoms with Gasteiger partial charge in [0.15, 0.2) is 0 Å². The van der Waals surface area contributed by atoms with Crippen LogP contribution in [0.2, 0.25) is 0 Å². The van der Waals surface area contributed by atoms with E-state index in [2.05, 4.69) is 228 Å². The van der Waals surface area contributed by atoms with Gasteiger partial charge in [0.1, 0.15) is 0 Å². The van der Waals surface area contributed by atoms with Crippen molar-refractivity contribution in [1.82, 2.24) is 4.57 Å². The van der Waals surface area contributed by atoms with Crippen LogP contribution in [0.1, 0.15) is 0 Å². The van der Waals surface area contributed by atoms with Crippen LogP contribution in [0.25, 0.3) is 82.1 Å². The van der Waals surface area contributed by atoms with Gasteiger partial charge in [-0.2, -0.15) is 0 Å². The number of fused-ring (bicyclic) bond motifs is 8. The van der Waals surface area contributed by atoms with Crippen molar-refractivity contribution < 1.29 is 0 Å². The van der Waals surface area contributed by atoms with Gasteiger partial charge in [-0.15, -0.1) is 0 Å². The summed E-state index contributed by atoms with van der Waals surface area (Å²) in [6.45, 7) is 0. The highest BCUT2D eigenvalue weighted by Crippen LogP contribution is 2.44. The second kappa shape index (κ2) is 13.2. The summed E-state index contributed by atoms with van der Waals surface area (Å²) in [7, 11) is 0. The highest BCUT2D eigenvalue weighted by Gasteiger charge is 2.20. The van der Waals surface area contributed by atoms with Crippen LogP contribution in [-0.4, -0.2) is 4.57 Å². The van der Waals surface area contributed by atoms with E-state index in [1.54, 1.807) is 0 Å². The molecule has 0 amide bonds. The number of nitrogens with zero attached hydrogens (tertiary/aromatic N) is 2. The number of hydrogen-bond donors (Lipinski definition) is 0. The minimum absolute atomic E-state index is 1.10. The van der Waals surface area contributed by atoms with Gasteiger partial charge in [-0.05, 0) is 110 Å². The number of hydrogen-bond acceptors (Lipinski definition) is 1. The number of benzene rings is 10. The zero-order chi connectivity index (χ0) is 37.0. The Bertz CT molecular complexity index is 3230. The lowest BCUT2D eigenvalue weighted by Gasteiger charge is -2.28. The summed E-state index contributed by atoms with van der Waals surface area (Å²) in [5.41, 5.74) is 11.6. The first kappa shape index (κ1) is 32.0. The summed E-state index contributed by atoms with van der Waals surface area (Å²) < 4.78 is 2.38. The molecule has 0 aliphatic heterocycles. The van der Waals surface area contributed by atoms with Gasteiger partial charge in [-0.25, -0.2) is 0 Å². The molecule has 2 nitrogen and oxygen atoms in total. The molecule has 0 aliphatic carbocycles. The highest BCUT2D eigenvalue weighted by molar-refractivity contribution is 6.18. The second-order valence-corrected chi connectivity index (χ2v) is 14.5. The first-order chi connectivity index (χ1) is 27.8. The summed E-state index contributed by atoms with van der Waals surface area (Å²) in [4.78, 5) is 2.42. The Labute approximate surface area is 325 Å². The van der Waals surface area contributed by atoms with Gasteiger partial charge in [0.05, 0.1) is 16.7 Å². The topological polar surface area (TPSA) is 8.17 Å². The molecule has 0 unspecified atom stereocenters. The third-order valence-corrected chi connectivity index (χ3v) is 11.4. The van der Waals surface area contributed by atoms with E-state index in [1.807, 2.05) is 0 Å². The molecule has 0 fully saturated rings. The molecule has 0 aliphatic rings. The number of rotatable bonds is 6. The molecule has 1 heterocycles. The van der Waals surface area contributed by atoms with E-state index in [1.165, 1.54) is 76.4 Å². The Kier molecular flexibility index (Phi) is 7.53. The molecule has 0 spiro atoms.